The highest BCUT2D eigenvalue weighted by Gasteiger charge is 2.14. The van der Waals surface area contributed by atoms with Gasteiger partial charge in [0.25, 0.3) is 0 Å². The minimum Gasteiger partial charge on any atom is -0.497 e. The van der Waals surface area contributed by atoms with Crippen LogP contribution in [0.4, 0.5) is 0 Å². The summed E-state index contributed by atoms with van der Waals surface area (Å²) in [4.78, 5) is 12.2. The van der Waals surface area contributed by atoms with E-state index in [0.29, 0.717) is 19.4 Å². The summed E-state index contributed by atoms with van der Waals surface area (Å²) in [6, 6.07) is 14.0. The molecule has 2 N–H and O–H groups in total. The van der Waals surface area contributed by atoms with Crippen molar-refractivity contribution in [2.45, 2.75) is 44.2 Å². The number of benzene rings is 2. The van der Waals surface area contributed by atoms with Crippen LogP contribution in [0.25, 0.3) is 0 Å². The van der Waals surface area contributed by atoms with Gasteiger partial charge in [-0.3, -0.25) is 4.79 Å². The summed E-state index contributed by atoms with van der Waals surface area (Å²) in [7, 11) is -1.88. The Morgan fingerprint density at radius 3 is 2.15 bits per heavy atom. The van der Waals surface area contributed by atoms with Crippen molar-refractivity contribution in [2.24, 2.45) is 0 Å². The summed E-state index contributed by atoms with van der Waals surface area (Å²) < 4.78 is 31.8. The highest BCUT2D eigenvalue weighted by atomic mass is 32.2. The van der Waals surface area contributed by atoms with Crippen LogP contribution in [0.5, 0.6) is 5.75 Å². The van der Waals surface area contributed by atoms with Crippen molar-refractivity contribution in [3.8, 4) is 5.75 Å². The van der Waals surface area contributed by atoms with E-state index in [1.165, 1.54) is 0 Å². The summed E-state index contributed by atoms with van der Waals surface area (Å²) in [5.41, 5.74) is 1.91. The second-order valence-electron chi connectivity index (χ2n) is 6.54. The molecule has 2 aromatic carbocycles. The Morgan fingerprint density at radius 2 is 1.59 bits per heavy atom. The number of hydrogen-bond donors (Lipinski definition) is 2. The van der Waals surface area contributed by atoms with Gasteiger partial charge in [-0.2, -0.15) is 0 Å². The van der Waals surface area contributed by atoms with Gasteiger partial charge in [-0.1, -0.05) is 24.3 Å². The molecule has 27 heavy (non-hydrogen) atoms. The van der Waals surface area contributed by atoms with E-state index in [2.05, 4.69) is 10.0 Å². The highest BCUT2D eigenvalue weighted by molar-refractivity contribution is 7.89. The molecule has 1 amide bonds. The molecule has 0 spiro atoms. The molecule has 7 heteroatoms. The van der Waals surface area contributed by atoms with Gasteiger partial charge in [0.2, 0.25) is 15.9 Å². The molecule has 0 fully saturated rings. The summed E-state index contributed by atoms with van der Waals surface area (Å²) in [5, 5.41) is 2.88. The lowest BCUT2D eigenvalue weighted by Gasteiger charge is -2.10. The Bertz CT molecular complexity index is 845. The minimum absolute atomic E-state index is 0.0519. The lowest BCUT2D eigenvalue weighted by Crippen LogP contribution is -2.30. The van der Waals surface area contributed by atoms with Crippen molar-refractivity contribution in [2.75, 3.05) is 7.11 Å². The predicted molar refractivity (Wildman–Crippen MR) is 105 cm³/mol. The van der Waals surface area contributed by atoms with Gasteiger partial charge in [0.05, 0.1) is 12.0 Å². The third-order valence-corrected chi connectivity index (χ3v) is 5.59. The van der Waals surface area contributed by atoms with Gasteiger partial charge in [-0.05, 0) is 55.7 Å². The molecule has 6 nitrogen and oxygen atoms in total. The Morgan fingerprint density at radius 1 is 1.00 bits per heavy atom. The number of methoxy groups -OCH3 is 1. The lowest BCUT2D eigenvalue weighted by atomic mass is 10.1. The second kappa shape index (κ2) is 9.53. The van der Waals surface area contributed by atoms with Crippen LogP contribution in [0, 0.1) is 0 Å². The molecule has 0 aliphatic heterocycles. The van der Waals surface area contributed by atoms with Gasteiger partial charge in [-0.15, -0.1) is 0 Å². The molecule has 0 unspecified atom stereocenters. The average molecular weight is 391 g/mol. The van der Waals surface area contributed by atoms with Crippen LogP contribution >= 0.6 is 0 Å². The van der Waals surface area contributed by atoms with Gasteiger partial charge < -0.3 is 10.1 Å². The summed E-state index contributed by atoms with van der Waals surface area (Å²) in [6.45, 7) is 4.01. The first-order valence-corrected chi connectivity index (χ1v) is 10.3. The molecular weight excluding hydrogens is 364 g/mol. The molecule has 0 saturated heterocycles. The molecule has 0 atom stereocenters. The fourth-order valence-electron chi connectivity index (χ4n) is 2.50. The van der Waals surface area contributed by atoms with E-state index in [1.54, 1.807) is 45.2 Å². The zero-order valence-corrected chi connectivity index (χ0v) is 16.7. The number of nitrogens with one attached hydrogen (secondary N) is 2. The smallest absolute Gasteiger partial charge is 0.240 e. The summed E-state index contributed by atoms with van der Waals surface area (Å²) in [5.74, 6) is 0.725. The topological polar surface area (TPSA) is 84.5 Å². The van der Waals surface area contributed by atoms with Crippen LogP contribution in [0.3, 0.4) is 0 Å². The van der Waals surface area contributed by atoms with Gasteiger partial charge in [-0.25, -0.2) is 13.1 Å². The molecule has 0 radical (unpaired) electrons. The molecule has 0 heterocycles. The molecule has 0 aliphatic rings. The number of hydrogen-bond acceptors (Lipinski definition) is 4. The Hall–Kier alpha value is -2.38. The molecule has 0 bridgehead atoms. The molecular formula is C20H26N2O4S. The fourth-order valence-corrected chi connectivity index (χ4v) is 3.75. The SMILES string of the molecule is COc1ccc(CNC(=O)CCc2ccc(S(=O)(=O)NC(C)C)cc2)cc1. The zero-order valence-electron chi connectivity index (χ0n) is 15.9. The van der Waals surface area contributed by atoms with E-state index in [0.717, 1.165) is 16.9 Å². The number of carbonyl (C=O) groups excluding carboxylic acids is 1. The second-order valence-corrected chi connectivity index (χ2v) is 8.26. The Kier molecular flexibility index (Phi) is 7.38. The molecule has 0 aliphatic carbocycles. The molecule has 0 saturated carbocycles. The minimum atomic E-state index is -3.49. The van der Waals surface area contributed by atoms with E-state index >= 15 is 0 Å². The highest BCUT2D eigenvalue weighted by Crippen LogP contribution is 2.13. The predicted octanol–water partition coefficient (Wildman–Crippen LogP) is 2.63. The molecule has 0 aromatic heterocycles. The van der Waals surface area contributed by atoms with Crippen LogP contribution in [-0.4, -0.2) is 27.5 Å². The normalized spacial score (nSPS) is 11.4. The first-order chi connectivity index (χ1) is 12.8. The van der Waals surface area contributed by atoms with Crippen molar-refractivity contribution < 1.29 is 17.9 Å². The largest absolute Gasteiger partial charge is 0.497 e. The first-order valence-electron chi connectivity index (χ1n) is 8.81. The summed E-state index contributed by atoms with van der Waals surface area (Å²) in [6.07, 6.45) is 0.888. The van der Waals surface area contributed by atoms with E-state index in [4.69, 9.17) is 4.74 Å². The third-order valence-electron chi connectivity index (χ3n) is 3.91. The number of sulfonamides is 1. The van der Waals surface area contributed by atoms with Gasteiger partial charge >= 0.3 is 0 Å². The third kappa shape index (κ3) is 6.69. The van der Waals surface area contributed by atoms with Crippen molar-refractivity contribution in [1.82, 2.24) is 10.0 Å². The van der Waals surface area contributed by atoms with Gasteiger partial charge in [0.1, 0.15) is 5.75 Å². The average Bonchev–Trinajstić information content (AvgIpc) is 2.64. The Labute approximate surface area is 161 Å². The number of carbonyl (C=O) groups is 1. The Balaban J connectivity index is 1.82. The van der Waals surface area contributed by atoms with Crippen LogP contribution in [0.15, 0.2) is 53.4 Å². The summed E-state index contributed by atoms with van der Waals surface area (Å²) >= 11 is 0. The lowest BCUT2D eigenvalue weighted by molar-refractivity contribution is -0.121. The number of ether oxygens (including phenoxy) is 1. The number of aryl methyl sites for hydroxylation is 1. The van der Waals surface area contributed by atoms with Crippen LogP contribution in [-0.2, 0) is 27.8 Å². The monoisotopic (exact) mass is 390 g/mol. The maximum atomic E-state index is 12.1. The van der Waals surface area contributed by atoms with Crippen molar-refractivity contribution >= 4 is 15.9 Å². The van der Waals surface area contributed by atoms with Crippen LogP contribution in [0.2, 0.25) is 0 Å². The van der Waals surface area contributed by atoms with Crippen molar-refractivity contribution in [1.29, 1.82) is 0 Å². The molecule has 146 valence electrons. The van der Waals surface area contributed by atoms with Crippen LogP contribution < -0.4 is 14.8 Å². The fraction of sp³-hybridized carbons (Fsp3) is 0.350. The van der Waals surface area contributed by atoms with E-state index in [-0.39, 0.29) is 16.8 Å². The van der Waals surface area contributed by atoms with Gasteiger partial charge in [0, 0.05) is 19.0 Å². The van der Waals surface area contributed by atoms with Gasteiger partial charge in [0.15, 0.2) is 0 Å². The van der Waals surface area contributed by atoms with Crippen molar-refractivity contribution in [3.63, 3.8) is 0 Å². The van der Waals surface area contributed by atoms with Crippen LogP contribution in [0.1, 0.15) is 31.4 Å². The molecule has 2 rings (SSSR count). The maximum absolute atomic E-state index is 12.1. The molecule has 2 aromatic rings. The quantitative estimate of drug-likeness (QED) is 0.689. The zero-order chi connectivity index (χ0) is 19.9. The first kappa shape index (κ1) is 20.9. The van der Waals surface area contributed by atoms with E-state index < -0.39 is 10.0 Å². The standard InChI is InChI=1S/C20H26N2O4S/c1-15(2)22-27(24,25)19-11-6-16(7-12-19)8-13-20(23)21-14-17-4-9-18(26-3)10-5-17/h4-7,9-12,15,22H,8,13-14H2,1-3H3,(H,21,23). The number of rotatable bonds is 9. The van der Waals surface area contributed by atoms with E-state index in [1.807, 2.05) is 24.3 Å². The number of amides is 1. The maximum Gasteiger partial charge on any atom is 0.240 e. The van der Waals surface area contributed by atoms with E-state index in [9.17, 15) is 13.2 Å². The van der Waals surface area contributed by atoms with Crippen molar-refractivity contribution in [3.05, 3.63) is 59.7 Å².